The number of aliphatic hydroxyl groups is 1. The van der Waals surface area contributed by atoms with Gasteiger partial charge in [0.25, 0.3) is 0 Å². The van der Waals surface area contributed by atoms with Gasteiger partial charge in [-0.1, -0.05) is 26.7 Å². The van der Waals surface area contributed by atoms with Gasteiger partial charge in [0.15, 0.2) is 0 Å². The van der Waals surface area contributed by atoms with Crippen LogP contribution in [-0.2, 0) is 4.74 Å². The molecule has 0 aromatic rings. The van der Waals surface area contributed by atoms with Gasteiger partial charge in [0.05, 0.1) is 12.6 Å². The fourth-order valence-electron chi connectivity index (χ4n) is 1.46. The Bertz CT molecular complexity index is 221. The van der Waals surface area contributed by atoms with Crippen molar-refractivity contribution in [1.29, 1.82) is 0 Å². The SMILES string of the molecule is CC(C)CCCC(CO)NC(=O)OC(C)(C)C. The number of aliphatic hydroxyl groups excluding tert-OH is 1. The molecule has 1 atom stereocenters. The summed E-state index contributed by atoms with van der Waals surface area (Å²) < 4.78 is 5.14. The molecule has 0 aliphatic carbocycles. The highest BCUT2D eigenvalue weighted by atomic mass is 16.6. The molecular formula is C13H27NO3. The van der Waals surface area contributed by atoms with Crippen LogP contribution in [0.4, 0.5) is 4.79 Å². The molecule has 2 N–H and O–H groups in total. The zero-order valence-corrected chi connectivity index (χ0v) is 11.7. The zero-order valence-electron chi connectivity index (χ0n) is 11.7. The second-order valence-electron chi connectivity index (χ2n) is 5.85. The third kappa shape index (κ3) is 10.1. The average molecular weight is 245 g/mol. The van der Waals surface area contributed by atoms with Gasteiger partial charge >= 0.3 is 6.09 Å². The van der Waals surface area contributed by atoms with Crippen LogP contribution in [0.25, 0.3) is 0 Å². The lowest BCUT2D eigenvalue weighted by molar-refractivity contribution is 0.0478. The van der Waals surface area contributed by atoms with Crippen LogP contribution < -0.4 is 5.32 Å². The first kappa shape index (κ1) is 16.2. The van der Waals surface area contributed by atoms with Crippen LogP contribution in [0.1, 0.15) is 53.9 Å². The smallest absolute Gasteiger partial charge is 0.407 e. The largest absolute Gasteiger partial charge is 0.444 e. The van der Waals surface area contributed by atoms with Crippen molar-refractivity contribution in [1.82, 2.24) is 5.32 Å². The molecule has 0 heterocycles. The summed E-state index contributed by atoms with van der Waals surface area (Å²) >= 11 is 0. The number of ether oxygens (including phenoxy) is 1. The predicted molar refractivity (Wildman–Crippen MR) is 68.9 cm³/mol. The highest BCUT2D eigenvalue weighted by molar-refractivity contribution is 5.68. The van der Waals surface area contributed by atoms with Crippen LogP contribution in [0.3, 0.4) is 0 Å². The number of hydrogen-bond donors (Lipinski definition) is 2. The average Bonchev–Trinajstić information content (AvgIpc) is 2.12. The van der Waals surface area contributed by atoms with Gasteiger partial charge in [-0.15, -0.1) is 0 Å². The molecule has 1 amide bonds. The molecular weight excluding hydrogens is 218 g/mol. The Kier molecular flexibility index (Phi) is 7.19. The van der Waals surface area contributed by atoms with Crippen molar-refractivity contribution < 1.29 is 14.6 Å². The van der Waals surface area contributed by atoms with E-state index in [9.17, 15) is 4.79 Å². The van der Waals surface area contributed by atoms with Gasteiger partial charge in [0, 0.05) is 0 Å². The van der Waals surface area contributed by atoms with Gasteiger partial charge in [-0.3, -0.25) is 0 Å². The minimum absolute atomic E-state index is 0.0443. The summed E-state index contributed by atoms with van der Waals surface area (Å²) in [7, 11) is 0. The van der Waals surface area contributed by atoms with E-state index >= 15 is 0 Å². The lowest BCUT2D eigenvalue weighted by Gasteiger charge is -2.22. The summed E-state index contributed by atoms with van der Waals surface area (Å²) in [6.45, 7) is 9.74. The number of amides is 1. The van der Waals surface area contributed by atoms with E-state index in [1.807, 2.05) is 20.8 Å². The molecule has 0 spiro atoms. The Hall–Kier alpha value is -0.770. The molecule has 17 heavy (non-hydrogen) atoms. The van der Waals surface area contributed by atoms with Crippen molar-refractivity contribution in [3.63, 3.8) is 0 Å². The number of nitrogens with one attached hydrogen (secondary N) is 1. The first-order chi connectivity index (χ1) is 7.74. The Balaban J connectivity index is 3.92. The summed E-state index contributed by atoms with van der Waals surface area (Å²) in [5, 5.41) is 11.9. The predicted octanol–water partition coefficient (Wildman–Crippen LogP) is 2.70. The lowest BCUT2D eigenvalue weighted by Crippen LogP contribution is -2.41. The summed E-state index contributed by atoms with van der Waals surface area (Å²) in [5.41, 5.74) is -0.498. The molecule has 0 saturated carbocycles. The second kappa shape index (κ2) is 7.54. The maximum Gasteiger partial charge on any atom is 0.407 e. The first-order valence-corrected chi connectivity index (χ1v) is 6.35. The van der Waals surface area contributed by atoms with E-state index in [-0.39, 0.29) is 12.6 Å². The summed E-state index contributed by atoms with van der Waals surface area (Å²) in [4.78, 5) is 11.5. The molecule has 4 heteroatoms. The number of carbonyl (C=O) groups is 1. The third-order valence-corrected chi connectivity index (χ3v) is 2.28. The summed E-state index contributed by atoms with van der Waals surface area (Å²) in [5.74, 6) is 0.649. The Morgan fingerprint density at radius 2 is 1.88 bits per heavy atom. The molecule has 0 aromatic carbocycles. The maximum absolute atomic E-state index is 11.5. The van der Waals surface area contributed by atoms with E-state index in [1.54, 1.807) is 0 Å². The molecule has 102 valence electrons. The van der Waals surface area contributed by atoms with Crippen molar-refractivity contribution in [3.05, 3.63) is 0 Å². The van der Waals surface area contributed by atoms with Crippen molar-refractivity contribution >= 4 is 6.09 Å². The standard InChI is InChI=1S/C13H27NO3/c1-10(2)7-6-8-11(9-15)14-12(16)17-13(3,4)5/h10-11,15H,6-9H2,1-5H3,(H,14,16). The van der Waals surface area contributed by atoms with E-state index in [2.05, 4.69) is 19.2 Å². The van der Waals surface area contributed by atoms with Gasteiger partial charge in [0.1, 0.15) is 5.60 Å². The molecule has 0 bridgehead atoms. The van der Waals surface area contributed by atoms with Crippen LogP contribution in [0.15, 0.2) is 0 Å². The molecule has 1 unspecified atom stereocenters. The van der Waals surface area contributed by atoms with E-state index in [4.69, 9.17) is 9.84 Å². The van der Waals surface area contributed by atoms with Gasteiger partial charge in [0.2, 0.25) is 0 Å². The second-order valence-corrected chi connectivity index (χ2v) is 5.85. The highest BCUT2D eigenvalue weighted by Gasteiger charge is 2.18. The van der Waals surface area contributed by atoms with Crippen molar-refractivity contribution in [2.75, 3.05) is 6.61 Å². The van der Waals surface area contributed by atoms with Gasteiger partial charge in [-0.2, -0.15) is 0 Å². The number of rotatable bonds is 6. The van der Waals surface area contributed by atoms with E-state index in [1.165, 1.54) is 0 Å². The van der Waals surface area contributed by atoms with E-state index in [0.29, 0.717) is 5.92 Å². The number of carbonyl (C=O) groups excluding carboxylic acids is 1. The molecule has 0 fully saturated rings. The Morgan fingerprint density at radius 1 is 1.29 bits per heavy atom. The van der Waals surface area contributed by atoms with Crippen LogP contribution in [-0.4, -0.2) is 29.4 Å². The van der Waals surface area contributed by atoms with Crippen molar-refractivity contribution in [2.45, 2.75) is 65.5 Å². The highest BCUT2D eigenvalue weighted by Crippen LogP contribution is 2.10. The molecule has 0 aliphatic heterocycles. The Labute approximate surface area is 105 Å². The van der Waals surface area contributed by atoms with Crippen molar-refractivity contribution in [3.8, 4) is 0 Å². The minimum atomic E-state index is -0.498. The molecule has 0 rings (SSSR count). The number of hydrogen-bond acceptors (Lipinski definition) is 3. The van der Waals surface area contributed by atoms with Crippen LogP contribution in [0.2, 0.25) is 0 Å². The van der Waals surface area contributed by atoms with Gasteiger partial charge < -0.3 is 15.2 Å². The van der Waals surface area contributed by atoms with Crippen LogP contribution in [0.5, 0.6) is 0 Å². The first-order valence-electron chi connectivity index (χ1n) is 6.35. The normalized spacial score (nSPS) is 13.6. The fourth-order valence-corrected chi connectivity index (χ4v) is 1.46. The van der Waals surface area contributed by atoms with Gasteiger partial charge in [-0.05, 0) is 33.1 Å². The zero-order chi connectivity index (χ0) is 13.5. The lowest BCUT2D eigenvalue weighted by atomic mass is 10.0. The summed E-state index contributed by atoms with van der Waals surface area (Å²) in [6, 6.07) is -0.205. The topological polar surface area (TPSA) is 58.6 Å². The summed E-state index contributed by atoms with van der Waals surface area (Å²) in [6.07, 6.45) is 2.43. The monoisotopic (exact) mass is 245 g/mol. The van der Waals surface area contributed by atoms with Gasteiger partial charge in [-0.25, -0.2) is 4.79 Å². The molecule has 0 aromatic heterocycles. The third-order valence-electron chi connectivity index (χ3n) is 2.28. The maximum atomic E-state index is 11.5. The molecule has 4 nitrogen and oxygen atoms in total. The Morgan fingerprint density at radius 3 is 2.29 bits per heavy atom. The van der Waals surface area contributed by atoms with Crippen LogP contribution in [0, 0.1) is 5.92 Å². The van der Waals surface area contributed by atoms with Crippen LogP contribution >= 0.6 is 0 Å². The minimum Gasteiger partial charge on any atom is -0.444 e. The van der Waals surface area contributed by atoms with Crippen molar-refractivity contribution in [2.24, 2.45) is 5.92 Å². The van der Waals surface area contributed by atoms with E-state index < -0.39 is 11.7 Å². The number of alkyl carbamates (subject to hydrolysis) is 1. The quantitative estimate of drug-likeness (QED) is 0.756. The fraction of sp³-hybridized carbons (Fsp3) is 0.923. The molecule has 0 saturated heterocycles. The van der Waals surface area contributed by atoms with E-state index in [0.717, 1.165) is 19.3 Å². The molecule has 0 aliphatic rings. The molecule has 0 radical (unpaired) electrons.